The van der Waals surface area contributed by atoms with Crippen molar-refractivity contribution in [3.8, 4) is 0 Å². The van der Waals surface area contributed by atoms with Gasteiger partial charge in [0.05, 0.1) is 12.6 Å². The van der Waals surface area contributed by atoms with Crippen LogP contribution in [0.15, 0.2) is 91.0 Å². The molecule has 1 saturated carbocycles. The van der Waals surface area contributed by atoms with Crippen LogP contribution in [0.1, 0.15) is 35.8 Å². The summed E-state index contributed by atoms with van der Waals surface area (Å²) in [6.45, 7) is 2.05. The zero-order valence-corrected chi connectivity index (χ0v) is 19.7. The van der Waals surface area contributed by atoms with E-state index in [4.69, 9.17) is 9.47 Å². The quantitative estimate of drug-likeness (QED) is 0.408. The van der Waals surface area contributed by atoms with E-state index < -0.39 is 28.7 Å². The smallest absolute Gasteiger partial charge is 0.411 e. The summed E-state index contributed by atoms with van der Waals surface area (Å²) in [7, 11) is 0. The SMILES string of the molecule is C[C@@]1(OCc2ccccc2)C(=O)[C@@H](Br)[C@H]1N1C(=O)O[C@@H](c2ccccc2)[C@H]1c1ccccc1. The third kappa shape index (κ3) is 3.77. The number of rotatable bonds is 6. The van der Waals surface area contributed by atoms with E-state index >= 15 is 0 Å². The van der Waals surface area contributed by atoms with Crippen molar-refractivity contribution in [2.75, 3.05) is 0 Å². The Bertz CT molecular complexity index is 1140. The van der Waals surface area contributed by atoms with Gasteiger partial charge in [0.15, 0.2) is 11.9 Å². The highest BCUT2D eigenvalue weighted by Gasteiger charge is 2.66. The second-order valence-electron chi connectivity index (χ2n) is 8.57. The van der Waals surface area contributed by atoms with Gasteiger partial charge in [-0.05, 0) is 23.6 Å². The first-order valence-corrected chi connectivity index (χ1v) is 11.9. The van der Waals surface area contributed by atoms with E-state index in [1.165, 1.54) is 0 Å². The Labute approximate surface area is 201 Å². The number of Topliss-reactive ketones (excluding diaryl/α,β-unsaturated/α-hetero) is 1. The topological polar surface area (TPSA) is 55.8 Å². The fraction of sp³-hybridized carbons (Fsp3) is 0.259. The summed E-state index contributed by atoms with van der Waals surface area (Å²) in [5, 5.41) is 0. The number of cyclic esters (lactones) is 1. The second kappa shape index (κ2) is 8.76. The molecule has 3 aromatic carbocycles. The van der Waals surface area contributed by atoms with E-state index in [0.717, 1.165) is 16.7 Å². The fourth-order valence-corrected chi connectivity index (χ4v) is 5.99. The zero-order chi connectivity index (χ0) is 23.0. The van der Waals surface area contributed by atoms with Crippen LogP contribution < -0.4 is 0 Å². The normalized spacial score (nSPS) is 29.0. The van der Waals surface area contributed by atoms with Crippen LogP contribution in [0.3, 0.4) is 0 Å². The fourth-order valence-electron chi connectivity index (χ4n) is 4.77. The van der Waals surface area contributed by atoms with Crippen LogP contribution in [0, 0.1) is 0 Å². The molecule has 5 atom stereocenters. The highest BCUT2D eigenvalue weighted by Crippen LogP contribution is 2.51. The molecule has 1 aliphatic heterocycles. The van der Waals surface area contributed by atoms with Crippen LogP contribution in [0.5, 0.6) is 0 Å². The molecular weight excluding hydrogens is 482 g/mol. The molecule has 1 saturated heterocycles. The summed E-state index contributed by atoms with van der Waals surface area (Å²) in [6, 6.07) is 28.3. The Kier molecular flexibility index (Phi) is 5.81. The van der Waals surface area contributed by atoms with Crippen molar-refractivity contribution in [2.45, 2.75) is 42.1 Å². The molecule has 0 radical (unpaired) electrons. The van der Waals surface area contributed by atoms with Crippen LogP contribution in [-0.2, 0) is 20.9 Å². The minimum atomic E-state index is -1.15. The lowest BCUT2D eigenvalue weighted by Gasteiger charge is -2.52. The molecule has 0 N–H and O–H groups in total. The molecular formula is C27H24BrNO4. The zero-order valence-electron chi connectivity index (χ0n) is 18.1. The van der Waals surface area contributed by atoms with E-state index in [9.17, 15) is 9.59 Å². The van der Waals surface area contributed by atoms with Crippen LogP contribution in [0.2, 0.25) is 0 Å². The molecule has 2 fully saturated rings. The standard InChI is InChI=1S/C27H24BrNO4/c1-27(32-17-18-11-5-2-6-12-18)24(21(28)25(27)30)29-22(19-13-7-3-8-14-19)23(33-26(29)31)20-15-9-4-10-16-20/h2-16,21-24H,17H2,1H3/t21-,22+,23-,24+,27-/m0/s1. The van der Waals surface area contributed by atoms with Gasteiger partial charge in [-0.2, -0.15) is 0 Å². The number of amides is 1. The summed E-state index contributed by atoms with van der Waals surface area (Å²) >= 11 is 3.53. The first kappa shape index (κ1) is 21.9. The van der Waals surface area contributed by atoms with E-state index in [-0.39, 0.29) is 18.4 Å². The third-order valence-electron chi connectivity index (χ3n) is 6.56. The largest absolute Gasteiger partial charge is 0.439 e. The lowest BCUT2D eigenvalue weighted by Crippen LogP contribution is -2.74. The van der Waals surface area contributed by atoms with E-state index in [0.29, 0.717) is 0 Å². The van der Waals surface area contributed by atoms with Gasteiger partial charge < -0.3 is 9.47 Å². The number of ketones is 1. The summed E-state index contributed by atoms with van der Waals surface area (Å²) in [4.78, 5) is 27.5. The number of alkyl halides is 1. The van der Waals surface area contributed by atoms with Gasteiger partial charge in [0.25, 0.3) is 0 Å². The Morgan fingerprint density at radius 3 is 2.03 bits per heavy atom. The van der Waals surface area contributed by atoms with Crippen LogP contribution >= 0.6 is 15.9 Å². The van der Waals surface area contributed by atoms with Crippen molar-refractivity contribution >= 4 is 27.8 Å². The van der Waals surface area contributed by atoms with E-state index in [1.54, 1.807) is 11.8 Å². The molecule has 6 heteroatoms. The van der Waals surface area contributed by atoms with Crippen molar-refractivity contribution in [2.24, 2.45) is 0 Å². The van der Waals surface area contributed by atoms with Gasteiger partial charge in [-0.25, -0.2) is 4.79 Å². The molecule has 0 unspecified atom stereocenters. The van der Waals surface area contributed by atoms with Crippen molar-refractivity contribution < 1.29 is 19.1 Å². The van der Waals surface area contributed by atoms with Crippen LogP contribution in [-0.4, -0.2) is 33.2 Å². The Morgan fingerprint density at radius 2 is 1.42 bits per heavy atom. The second-order valence-corrected chi connectivity index (χ2v) is 9.56. The minimum Gasteiger partial charge on any atom is -0.439 e. The van der Waals surface area contributed by atoms with Gasteiger partial charge in [-0.1, -0.05) is 107 Å². The number of benzene rings is 3. The van der Waals surface area contributed by atoms with Gasteiger partial charge in [-0.3, -0.25) is 9.69 Å². The number of hydrogen-bond acceptors (Lipinski definition) is 4. The maximum Gasteiger partial charge on any atom is 0.411 e. The van der Waals surface area contributed by atoms with Gasteiger partial charge in [0, 0.05) is 0 Å². The maximum atomic E-state index is 13.3. The van der Waals surface area contributed by atoms with Crippen molar-refractivity contribution in [1.82, 2.24) is 4.90 Å². The molecule has 2 aliphatic rings. The van der Waals surface area contributed by atoms with Gasteiger partial charge >= 0.3 is 6.09 Å². The summed E-state index contributed by atoms with van der Waals surface area (Å²) in [6.07, 6.45) is -0.941. The average molecular weight is 506 g/mol. The molecule has 1 aliphatic carbocycles. The molecule has 3 aromatic rings. The van der Waals surface area contributed by atoms with Crippen molar-refractivity contribution in [1.29, 1.82) is 0 Å². The monoisotopic (exact) mass is 505 g/mol. The lowest BCUT2D eigenvalue weighted by molar-refractivity contribution is -0.174. The molecule has 168 valence electrons. The van der Waals surface area contributed by atoms with Crippen LogP contribution in [0.25, 0.3) is 0 Å². The molecule has 5 nitrogen and oxygen atoms in total. The molecule has 1 heterocycles. The predicted octanol–water partition coefficient (Wildman–Crippen LogP) is 5.61. The average Bonchev–Trinajstić information content (AvgIpc) is 3.20. The Balaban J connectivity index is 1.51. The van der Waals surface area contributed by atoms with E-state index in [1.807, 2.05) is 91.0 Å². The molecule has 1 amide bonds. The molecule has 0 aromatic heterocycles. The number of ether oxygens (including phenoxy) is 2. The Morgan fingerprint density at radius 1 is 0.879 bits per heavy atom. The molecule has 5 rings (SSSR count). The number of halogens is 1. The lowest BCUT2D eigenvalue weighted by atomic mass is 9.72. The first-order valence-electron chi connectivity index (χ1n) is 11.0. The highest BCUT2D eigenvalue weighted by atomic mass is 79.9. The number of carbonyl (C=O) groups is 2. The molecule has 0 spiro atoms. The van der Waals surface area contributed by atoms with Gasteiger partial charge in [-0.15, -0.1) is 0 Å². The van der Waals surface area contributed by atoms with Crippen LogP contribution in [0.4, 0.5) is 4.79 Å². The third-order valence-corrected chi connectivity index (χ3v) is 7.47. The first-order chi connectivity index (χ1) is 16.0. The number of hydrogen-bond donors (Lipinski definition) is 0. The van der Waals surface area contributed by atoms with Gasteiger partial charge in [0.2, 0.25) is 0 Å². The van der Waals surface area contributed by atoms with Gasteiger partial charge in [0.1, 0.15) is 16.5 Å². The minimum absolute atomic E-state index is 0.0776. The molecule has 33 heavy (non-hydrogen) atoms. The summed E-state index contributed by atoms with van der Waals surface area (Å²) in [5.74, 6) is -0.0776. The number of carbonyl (C=O) groups excluding carboxylic acids is 2. The Hall–Kier alpha value is -2.96. The maximum absolute atomic E-state index is 13.3. The molecule has 0 bridgehead atoms. The van der Waals surface area contributed by atoms with Crippen molar-refractivity contribution in [3.05, 3.63) is 108 Å². The van der Waals surface area contributed by atoms with E-state index in [2.05, 4.69) is 15.9 Å². The highest BCUT2D eigenvalue weighted by molar-refractivity contribution is 9.10. The number of nitrogens with zero attached hydrogens (tertiary/aromatic N) is 1. The van der Waals surface area contributed by atoms with Crippen molar-refractivity contribution in [3.63, 3.8) is 0 Å². The summed E-state index contributed by atoms with van der Waals surface area (Å²) < 4.78 is 12.1. The predicted molar refractivity (Wildman–Crippen MR) is 128 cm³/mol. The summed E-state index contributed by atoms with van der Waals surface area (Å²) in [5.41, 5.74) is 1.67.